The smallest absolute Gasteiger partial charge is 0.0547 e. The molecule has 2 heterocycles. The Hall–Kier alpha value is -0.930. The van der Waals surface area contributed by atoms with Crippen LogP contribution in [0.25, 0.3) is 0 Å². The average molecular weight is 219 g/mol. The first-order chi connectivity index (χ1) is 7.69. The summed E-state index contributed by atoms with van der Waals surface area (Å²) in [6, 6.07) is 6.81. The van der Waals surface area contributed by atoms with Crippen molar-refractivity contribution in [1.82, 2.24) is 9.88 Å². The van der Waals surface area contributed by atoms with E-state index in [-0.39, 0.29) is 0 Å². The van der Waals surface area contributed by atoms with Crippen molar-refractivity contribution in [3.63, 3.8) is 0 Å². The fraction of sp³-hybridized carbons (Fsp3) is 0.615. The summed E-state index contributed by atoms with van der Waals surface area (Å²) < 4.78 is 0. The van der Waals surface area contributed by atoms with Gasteiger partial charge in [0.15, 0.2) is 0 Å². The fourth-order valence-electron chi connectivity index (χ4n) is 2.55. The van der Waals surface area contributed by atoms with E-state index in [4.69, 9.17) is 5.73 Å². The molecule has 0 bridgehead atoms. The van der Waals surface area contributed by atoms with E-state index in [9.17, 15) is 0 Å². The third-order valence-corrected chi connectivity index (χ3v) is 3.35. The molecular weight excluding hydrogens is 198 g/mol. The SMILES string of the molecule is CC1CC(C)N(Cc2cccc(CN)n2)C1. The number of nitrogens with two attached hydrogens (primary N) is 1. The monoisotopic (exact) mass is 219 g/mol. The van der Waals surface area contributed by atoms with E-state index in [1.54, 1.807) is 0 Å². The molecule has 0 amide bonds. The van der Waals surface area contributed by atoms with Crippen molar-refractivity contribution in [1.29, 1.82) is 0 Å². The summed E-state index contributed by atoms with van der Waals surface area (Å²) >= 11 is 0. The molecule has 0 spiro atoms. The van der Waals surface area contributed by atoms with Crippen molar-refractivity contribution < 1.29 is 0 Å². The van der Waals surface area contributed by atoms with Crippen molar-refractivity contribution in [2.45, 2.75) is 39.4 Å². The molecule has 0 radical (unpaired) electrons. The van der Waals surface area contributed by atoms with E-state index in [0.29, 0.717) is 12.6 Å². The predicted molar refractivity (Wildman–Crippen MR) is 65.8 cm³/mol. The molecule has 1 aromatic heterocycles. The van der Waals surface area contributed by atoms with Gasteiger partial charge in [0.25, 0.3) is 0 Å². The standard InChI is InChI=1S/C13H21N3/c1-10-6-11(2)16(8-10)9-13-5-3-4-12(7-14)15-13/h3-5,10-11H,6-9,14H2,1-2H3. The summed E-state index contributed by atoms with van der Waals surface area (Å²) in [6.45, 7) is 7.30. The van der Waals surface area contributed by atoms with Crippen LogP contribution in [0, 0.1) is 5.92 Å². The van der Waals surface area contributed by atoms with E-state index < -0.39 is 0 Å². The Morgan fingerprint density at radius 3 is 2.75 bits per heavy atom. The van der Waals surface area contributed by atoms with E-state index in [1.807, 2.05) is 6.07 Å². The quantitative estimate of drug-likeness (QED) is 0.842. The summed E-state index contributed by atoms with van der Waals surface area (Å²) in [5.41, 5.74) is 7.73. The summed E-state index contributed by atoms with van der Waals surface area (Å²) in [6.07, 6.45) is 1.30. The van der Waals surface area contributed by atoms with Gasteiger partial charge in [0.2, 0.25) is 0 Å². The lowest BCUT2D eigenvalue weighted by Gasteiger charge is -2.20. The van der Waals surface area contributed by atoms with Crippen molar-refractivity contribution in [2.24, 2.45) is 11.7 Å². The number of rotatable bonds is 3. The Kier molecular flexibility index (Phi) is 3.56. The van der Waals surface area contributed by atoms with Gasteiger partial charge < -0.3 is 5.73 Å². The average Bonchev–Trinajstić information content (AvgIpc) is 2.58. The summed E-state index contributed by atoms with van der Waals surface area (Å²) in [4.78, 5) is 7.05. The lowest BCUT2D eigenvalue weighted by molar-refractivity contribution is 0.253. The van der Waals surface area contributed by atoms with Crippen LogP contribution in [0.1, 0.15) is 31.7 Å². The molecule has 1 fully saturated rings. The Labute approximate surface area is 97.7 Å². The first-order valence-electron chi connectivity index (χ1n) is 6.08. The second kappa shape index (κ2) is 4.93. The third kappa shape index (κ3) is 2.60. The van der Waals surface area contributed by atoms with Crippen LogP contribution in [0.15, 0.2) is 18.2 Å². The second-order valence-corrected chi connectivity index (χ2v) is 4.94. The van der Waals surface area contributed by atoms with Crippen LogP contribution in [0.3, 0.4) is 0 Å². The lowest BCUT2D eigenvalue weighted by Crippen LogP contribution is -2.27. The molecule has 1 aromatic rings. The van der Waals surface area contributed by atoms with Crippen molar-refractivity contribution in [3.8, 4) is 0 Å². The van der Waals surface area contributed by atoms with Crippen LogP contribution in [0.2, 0.25) is 0 Å². The van der Waals surface area contributed by atoms with E-state index >= 15 is 0 Å². The Morgan fingerprint density at radius 1 is 1.38 bits per heavy atom. The largest absolute Gasteiger partial charge is 0.325 e. The minimum absolute atomic E-state index is 0.528. The zero-order valence-corrected chi connectivity index (χ0v) is 10.2. The molecular formula is C13H21N3. The van der Waals surface area contributed by atoms with Gasteiger partial charge in [-0.1, -0.05) is 13.0 Å². The van der Waals surface area contributed by atoms with Gasteiger partial charge in [-0.25, -0.2) is 0 Å². The molecule has 0 saturated carbocycles. The van der Waals surface area contributed by atoms with Gasteiger partial charge in [0, 0.05) is 25.7 Å². The van der Waals surface area contributed by atoms with E-state index in [1.165, 1.54) is 13.0 Å². The number of nitrogens with zero attached hydrogens (tertiary/aromatic N) is 2. The molecule has 0 aliphatic carbocycles. The number of hydrogen-bond acceptors (Lipinski definition) is 3. The second-order valence-electron chi connectivity index (χ2n) is 4.94. The first kappa shape index (κ1) is 11.6. The molecule has 1 saturated heterocycles. The number of aromatic nitrogens is 1. The predicted octanol–water partition coefficient (Wildman–Crippen LogP) is 1.77. The highest BCUT2D eigenvalue weighted by atomic mass is 15.2. The molecule has 2 rings (SSSR count). The van der Waals surface area contributed by atoms with Gasteiger partial charge in [-0.05, 0) is 31.4 Å². The Balaban J connectivity index is 2.03. The van der Waals surface area contributed by atoms with Crippen LogP contribution in [0.4, 0.5) is 0 Å². The zero-order valence-electron chi connectivity index (χ0n) is 10.2. The van der Waals surface area contributed by atoms with Crippen molar-refractivity contribution in [2.75, 3.05) is 6.54 Å². The summed E-state index contributed by atoms with van der Waals surface area (Å²) in [5.74, 6) is 0.813. The van der Waals surface area contributed by atoms with Gasteiger partial charge in [0.1, 0.15) is 0 Å². The summed E-state index contributed by atoms with van der Waals surface area (Å²) in [5, 5.41) is 0. The topological polar surface area (TPSA) is 42.1 Å². The zero-order chi connectivity index (χ0) is 11.5. The normalized spacial score (nSPS) is 26.2. The molecule has 16 heavy (non-hydrogen) atoms. The third-order valence-electron chi connectivity index (χ3n) is 3.35. The van der Waals surface area contributed by atoms with E-state index in [0.717, 1.165) is 23.9 Å². The number of hydrogen-bond donors (Lipinski definition) is 1. The minimum Gasteiger partial charge on any atom is -0.325 e. The van der Waals surface area contributed by atoms with E-state index in [2.05, 4.69) is 35.9 Å². The highest BCUT2D eigenvalue weighted by Gasteiger charge is 2.25. The van der Waals surface area contributed by atoms with Gasteiger partial charge in [-0.15, -0.1) is 0 Å². The van der Waals surface area contributed by atoms with Crippen LogP contribution in [0.5, 0.6) is 0 Å². The molecule has 2 unspecified atom stereocenters. The number of pyridine rings is 1. The fourth-order valence-corrected chi connectivity index (χ4v) is 2.55. The Bertz CT molecular complexity index is 351. The molecule has 88 valence electrons. The van der Waals surface area contributed by atoms with Crippen LogP contribution in [-0.2, 0) is 13.1 Å². The van der Waals surface area contributed by atoms with Gasteiger partial charge in [-0.2, -0.15) is 0 Å². The minimum atomic E-state index is 0.528. The molecule has 0 aromatic carbocycles. The first-order valence-corrected chi connectivity index (χ1v) is 6.08. The molecule has 1 aliphatic heterocycles. The maximum absolute atomic E-state index is 5.60. The highest BCUT2D eigenvalue weighted by molar-refractivity contribution is 5.11. The van der Waals surface area contributed by atoms with Crippen LogP contribution in [-0.4, -0.2) is 22.5 Å². The molecule has 1 aliphatic rings. The Morgan fingerprint density at radius 2 is 2.12 bits per heavy atom. The van der Waals surface area contributed by atoms with Crippen LogP contribution < -0.4 is 5.73 Å². The highest BCUT2D eigenvalue weighted by Crippen LogP contribution is 2.23. The molecule has 2 atom stereocenters. The maximum atomic E-state index is 5.60. The van der Waals surface area contributed by atoms with Crippen molar-refractivity contribution in [3.05, 3.63) is 29.6 Å². The van der Waals surface area contributed by atoms with Gasteiger partial charge >= 0.3 is 0 Å². The van der Waals surface area contributed by atoms with Crippen LogP contribution >= 0.6 is 0 Å². The van der Waals surface area contributed by atoms with Gasteiger partial charge in [-0.3, -0.25) is 9.88 Å². The number of likely N-dealkylation sites (tertiary alicyclic amines) is 1. The molecule has 3 heteroatoms. The molecule has 3 nitrogen and oxygen atoms in total. The summed E-state index contributed by atoms with van der Waals surface area (Å²) in [7, 11) is 0. The molecule has 2 N–H and O–H groups in total. The lowest BCUT2D eigenvalue weighted by atomic mass is 10.1. The van der Waals surface area contributed by atoms with Crippen molar-refractivity contribution >= 4 is 0 Å². The maximum Gasteiger partial charge on any atom is 0.0547 e. The van der Waals surface area contributed by atoms with Gasteiger partial charge in [0.05, 0.1) is 11.4 Å².